The van der Waals surface area contributed by atoms with Crippen LogP contribution in [0.5, 0.6) is 0 Å². The van der Waals surface area contributed by atoms with E-state index in [2.05, 4.69) is 37.1 Å². The van der Waals surface area contributed by atoms with Gasteiger partial charge in [-0.05, 0) is 54.7 Å². The molecule has 0 aromatic heterocycles. The minimum Gasteiger partial charge on any atom is -0.335 e. The zero-order valence-electron chi connectivity index (χ0n) is 11.6. The van der Waals surface area contributed by atoms with Gasteiger partial charge in [0.1, 0.15) is 5.82 Å². The number of carbonyl (C=O) groups excluding carboxylic acids is 1. The van der Waals surface area contributed by atoms with Gasteiger partial charge in [-0.3, -0.25) is 10.2 Å². The van der Waals surface area contributed by atoms with Crippen LogP contribution in [0.4, 0.5) is 15.8 Å². The van der Waals surface area contributed by atoms with E-state index in [0.29, 0.717) is 16.9 Å². The second-order valence-corrected chi connectivity index (χ2v) is 6.00. The fourth-order valence-corrected chi connectivity index (χ4v) is 2.53. The van der Waals surface area contributed by atoms with Crippen molar-refractivity contribution in [2.45, 2.75) is 0 Å². The molecule has 116 valence electrons. The first kappa shape index (κ1) is 15.6. The number of fused-ring (bicyclic) bond motifs is 1. The van der Waals surface area contributed by atoms with Gasteiger partial charge < -0.3 is 10.6 Å². The van der Waals surface area contributed by atoms with Crippen LogP contribution in [0.25, 0.3) is 0 Å². The Kier molecular flexibility index (Phi) is 4.35. The summed E-state index contributed by atoms with van der Waals surface area (Å²) in [4.78, 5) is 12.2. The molecule has 2 aromatic carbocycles. The van der Waals surface area contributed by atoms with E-state index in [-0.39, 0.29) is 22.5 Å². The quantitative estimate of drug-likeness (QED) is 0.539. The summed E-state index contributed by atoms with van der Waals surface area (Å²) in [5, 5.41) is 9.92. The van der Waals surface area contributed by atoms with E-state index in [1.54, 1.807) is 24.3 Å². The Morgan fingerprint density at radius 3 is 2.70 bits per heavy atom. The van der Waals surface area contributed by atoms with Crippen molar-refractivity contribution < 1.29 is 9.18 Å². The van der Waals surface area contributed by atoms with Gasteiger partial charge in [0, 0.05) is 10.2 Å². The largest absolute Gasteiger partial charge is 0.335 e. The number of Topliss-reactive ketones (excluding diaryl/α,β-unsaturated/α-hetero) is 1. The number of nitrogens with one attached hydrogen (secondary N) is 3. The molecule has 23 heavy (non-hydrogen) atoms. The molecule has 0 bridgehead atoms. The summed E-state index contributed by atoms with van der Waals surface area (Å²) in [5.41, 5.74) is 4.43. The highest BCUT2D eigenvalue weighted by molar-refractivity contribution is 9.10. The monoisotopic (exact) mass is 392 g/mol. The minimum absolute atomic E-state index is 0.154. The lowest BCUT2D eigenvalue weighted by Gasteiger charge is -2.07. The highest BCUT2D eigenvalue weighted by Gasteiger charge is 2.26. The Morgan fingerprint density at radius 2 is 1.96 bits per heavy atom. The zero-order chi connectivity index (χ0) is 16.4. The number of hydrogen-bond donors (Lipinski definition) is 3. The summed E-state index contributed by atoms with van der Waals surface area (Å²) in [5.74, 6) is -0.404. The van der Waals surface area contributed by atoms with Crippen molar-refractivity contribution in [2.24, 2.45) is 5.10 Å². The van der Waals surface area contributed by atoms with Crippen LogP contribution >= 0.6 is 28.1 Å². The molecule has 0 spiro atoms. The van der Waals surface area contributed by atoms with E-state index in [0.717, 1.165) is 4.47 Å². The van der Waals surface area contributed by atoms with Gasteiger partial charge in [-0.25, -0.2) is 4.39 Å². The van der Waals surface area contributed by atoms with Crippen molar-refractivity contribution in [2.75, 3.05) is 10.6 Å². The maximum absolute atomic E-state index is 12.8. The number of ketones is 1. The molecular weight excluding hydrogens is 383 g/mol. The smallest absolute Gasteiger partial charge is 0.232 e. The summed E-state index contributed by atoms with van der Waals surface area (Å²) in [6, 6.07) is 11.1. The normalized spacial score (nSPS) is 14.3. The molecule has 8 heteroatoms. The first-order chi connectivity index (χ1) is 11.0. The van der Waals surface area contributed by atoms with Gasteiger partial charge in [-0.15, -0.1) is 0 Å². The molecule has 3 N–H and O–H groups in total. The number of nitrogens with zero attached hydrogens (tertiary/aromatic N) is 1. The average molecular weight is 393 g/mol. The molecule has 2 aromatic rings. The van der Waals surface area contributed by atoms with Crippen LogP contribution in [0, 0.1) is 5.82 Å². The maximum atomic E-state index is 12.8. The van der Waals surface area contributed by atoms with Crippen LogP contribution < -0.4 is 16.1 Å². The van der Waals surface area contributed by atoms with Crippen LogP contribution in [-0.4, -0.2) is 16.7 Å². The van der Waals surface area contributed by atoms with Crippen molar-refractivity contribution >= 4 is 56.3 Å². The number of halogens is 2. The summed E-state index contributed by atoms with van der Waals surface area (Å²) in [6.45, 7) is 0. The van der Waals surface area contributed by atoms with Crippen molar-refractivity contribution in [3.63, 3.8) is 0 Å². The van der Waals surface area contributed by atoms with Crippen LogP contribution in [-0.2, 0) is 0 Å². The highest BCUT2D eigenvalue weighted by Crippen LogP contribution is 2.26. The van der Waals surface area contributed by atoms with Crippen molar-refractivity contribution in [3.05, 3.63) is 58.3 Å². The van der Waals surface area contributed by atoms with Gasteiger partial charge in [0.15, 0.2) is 10.9 Å². The van der Waals surface area contributed by atoms with E-state index in [9.17, 15) is 9.18 Å². The fourth-order valence-electron chi connectivity index (χ4n) is 2.00. The molecule has 0 fully saturated rings. The van der Waals surface area contributed by atoms with Gasteiger partial charge in [0.05, 0.1) is 11.3 Å². The Balaban J connectivity index is 1.66. The molecule has 0 aliphatic carbocycles. The Hall–Kier alpha value is -2.32. The molecule has 3 rings (SSSR count). The number of thiocarbonyl (C=S) groups is 1. The highest BCUT2D eigenvalue weighted by atomic mass is 79.9. The molecule has 1 aliphatic rings. The number of rotatable bonds is 2. The van der Waals surface area contributed by atoms with E-state index in [1.165, 1.54) is 12.1 Å². The number of hydrogen-bond acceptors (Lipinski definition) is 3. The molecule has 5 nitrogen and oxygen atoms in total. The molecule has 0 saturated heterocycles. The molecular formula is C15H10BrFN4OS. The minimum atomic E-state index is -0.334. The lowest BCUT2D eigenvalue weighted by molar-refractivity contribution is 0.106. The van der Waals surface area contributed by atoms with Gasteiger partial charge in [0.25, 0.3) is 0 Å². The molecule has 0 amide bonds. The zero-order valence-corrected chi connectivity index (χ0v) is 14.0. The Morgan fingerprint density at radius 1 is 1.22 bits per heavy atom. The van der Waals surface area contributed by atoms with Crippen molar-refractivity contribution in [1.29, 1.82) is 0 Å². The predicted octanol–water partition coefficient (Wildman–Crippen LogP) is 3.50. The summed E-state index contributed by atoms with van der Waals surface area (Å²) in [6.07, 6.45) is 0. The lowest BCUT2D eigenvalue weighted by Crippen LogP contribution is -2.27. The predicted molar refractivity (Wildman–Crippen MR) is 95.3 cm³/mol. The van der Waals surface area contributed by atoms with Crippen LogP contribution in [0.2, 0.25) is 0 Å². The molecule has 0 atom stereocenters. The van der Waals surface area contributed by atoms with E-state index in [4.69, 9.17) is 12.2 Å². The van der Waals surface area contributed by atoms with E-state index < -0.39 is 0 Å². The molecule has 0 saturated carbocycles. The number of amidine groups is 1. The third-order valence-corrected chi connectivity index (χ3v) is 3.75. The maximum Gasteiger partial charge on any atom is 0.232 e. The Bertz CT molecular complexity index is 823. The van der Waals surface area contributed by atoms with E-state index in [1.807, 2.05) is 6.07 Å². The van der Waals surface area contributed by atoms with E-state index >= 15 is 0 Å². The molecule has 0 radical (unpaired) electrons. The number of hydrazone groups is 1. The lowest BCUT2D eigenvalue weighted by atomic mass is 10.1. The van der Waals surface area contributed by atoms with Crippen LogP contribution in [0.3, 0.4) is 0 Å². The van der Waals surface area contributed by atoms with Gasteiger partial charge >= 0.3 is 0 Å². The third kappa shape index (κ3) is 3.54. The first-order valence-electron chi connectivity index (χ1n) is 6.54. The summed E-state index contributed by atoms with van der Waals surface area (Å²) < 4.78 is 13.6. The third-order valence-electron chi connectivity index (χ3n) is 3.07. The van der Waals surface area contributed by atoms with Gasteiger partial charge in [-0.1, -0.05) is 15.9 Å². The second-order valence-electron chi connectivity index (χ2n) is 4.68. The SMILES string of the molecule is O=C1C(=NNC(=S)Nc2ccc(F)cc2)Nc2ccc(Br)cc21. The fraction of sp³-hybridized carbons (Fsp3) is 0. The molecule has 1 heterocycles. The molecule has 0 unspecified atom stereocenters. The van der Waals surface area contributed by atoms with Crippen LogP contribution in [0.15, 0.2) is 52.0 Å². The van der Waals surface area contributed by atoms with Crippen molar-refractivity contribution in [3.8, 4) is 0 Å². The summed E-state index contributed by atoms with van der Waals surface area (Å²) in [7, 11) is 0. The van der Waals surface area contributed by atoms with Crippen molar-refractivity contribution in [1.82, 2.24) is 5.43 Å². The number of carbonyl (C=O) groups is 1. The van der Waals surface area contributed by atoms with Crippen LogP contribution in [0.1, 0.15) is 10.4 Å². The first-order valence-corrected chi connectivity index (χ1v) is 7.74. The average Bonchev–Trinajstić information content (AvgIpc) is 2.84. The number of benzene rings is 2. The van der Waals surface area contributed by atoms with Gasteiger partial charge in [0.2, 0.25) is 5.78 Å². The topological polar surface area (TPSA) is 65.5 Å². The number of anilines is 2. The standard InChI is InChI=1S/C15H10BrFN4OS/c16-8-1-6-12-11(7-8)13(22)14(19-12)20-21-15(23)18-10-4-2-9(17)3-5-10/h1-7H,(H2,18,21,23)(H,19,20,22). The van der Waals surface area contributed by atoms with Gasteiger partial charge in [-0.2, -0.15) is 5.10 Å². The summed E-state index contributed by atoms with van der Waals surface area (Å²) >= 11 is 8.40. The second kappa shape index (κ2) is 6.43. The molecule has 1 aliphatic heterocycles. The Labute approximate surface area is 145 Å².